The molecule has 1 fully saturated rings. The van der Waals surface area contributed by atoms with Crippen LogP contribution in [-0.2, 0) is 22.3 Å². The van der Waals surface area contributed by atoms with Crippen LogP contribution >= 0.6 is 0 Å². The van der Waals surface area contributed by atoms with Crippen molar-refractivity contribution >= 4 is 28.2 Å². The number of hydrogen-bond donors (Lipinski definition) is 1. The minimum atomic E-state index is -4.55. The number of benzene rings is 3. The van der Waals surface area contributed by atoms with Crippen molar-refractivity contribution in [2.45, 2.75) is 18.8 Å². The van der Waals surface area contributed by atoms with E-state index < -0.39 is 29.5 Å². The van der Waals surface area contributed by atoms with Gasteiger partial charge in [-0.3, -0.25) is 14.6 Å². The van der Waals surface area contributed by atoms with Gasteiger partial charge in [-0.25, -0.2) is 0 Å². The van der Waals surface area contributed by atoms with Gasteiger partial charge in [0.25, 0.3) is 11.7 Å². The summed E-state index contributed by atoms with van der Waals surface area (Å²) >= 11 is 0. The highest BCUT2D eigenvalue weighted by Gasteiger charge is 2.46. The summed E-state index contributed by atoms with van der Waals surface area (Å²) in [6.45, 7) is -0.261. The summed E-state index contributed by atoms with van der Waals surface area (Å²) in [6.07, 6.45) is -1.57. The number of halogens is 3. The molecule has 0 radical (unpaired) electrons. The quantitative estimate of drug-likeness (QED) is 0.221. The van der Waals surface area contributed by atoms with Crippen molar-refractivity contribution in [2.24, 2.45) is 0 Å². The zero-order chi connectivity index (χ0) is 25.4. The van der Waals surface area contributed by atoms with Gasteiger partial charge in [0, 0.05) is 24.5 Å². The summed E-state index contributed by atoms with van der Waals surface area (Å²) in [5.74, 6) is -2.19. The van der Waals surface area contributed by atoms with Crippen LogP contribution in [0.3, 0.4) is 0 Å². The lowest BCUT2D eigenvalue weighted by Gasteiger charge is -2.25. The second-order valence-electron chi connectivity index (χ2n) is 8.47. The molecule has 1 aliphatic heterocycles. The Morgan fingerprint density at radius 2 is 1.69 bits per heavy atom. The molecule has 3 aromatic carbocycles. The molecule has 1 unspecified atom stereocenters. The number of alkyl halides is 3. The molecule has 5 rings (SSSR count). The highest BCUT2D eigenvalue weighted by Crippen LogP contribution is 2.40. The van der Waals surface area contributed by atoms with Gasteiger partial charge in [-0.2, -0.15) is 13.2 Å². The van der Waals surface area contributed by atoms with Gasteiger partial charge in [0.05, 0.1) is 17.2 Å². The first kappa shape index (κ1) is 23.3. The van der Waals surface area contributed by atoms with E-state index in [4.69, 9.17) is 0 Å². The van der Waals surface area contributed by atoms with Crippen molar-refractivity contribution < 1.29 is 27.9 Å². The average molecular weight is 488 g/mol. The van der Waals surface area contributed by atoms with E-state index in [1.54, 1.807) is 30.3 Å². The van der Waals surface area contributed by atoms with Crippen LogP contribution in [-0.4, -0.2) is 26.7 Å². The lowest BCUT2D eigenvalue weighted by atomic mass is 9.95. The summed E-state index contributed by atoms with van der Waals surface area (Å²) in [5.41, 5.74) is -0.00193. The van der Waals surface area contributed by atoms with Crippen LogP contribution < -0.4 is 0 Å². The summed E-state index contributed by atoms with van der Waals surface area (Å²) in [4.78, 5) is 31.5. The number of carbonyl (C=O) groups is 2. The van der Waals surface area contributed by atoms with Gasteiger partial charge in [0.15, 0.2) is 0 Å². The predicted octanol–water partition coefficient (Wildman–Crippen LogP) is 5.88. The molecule has 0 bridgehead atoms. The summed E-state index contributed by atoms with van der Waals surface area (Å²) in [6, 6.07) is 19.5. The lowest BCUT2D eigenvalue weighted by Crippen LogP contribution is -2.29. The summed E-state index contributed by atoms with van der Waals surface area (Å²) in [7, 11) is 0. The Hall–Kier alpha value is -4.46. The number of fused-ring (bicyclic) bond motifs is 1. The first-order chi connectivity index (χ1) is 17.2. The zero-order valence-electron chi connectivity index (χ0n) is 18.7. The number of likely N-dealkylation sites (tertiary alicyclic amines) is 1. The molecule has 1 aromatic heterocycles. The second-order valence-corrected chi connectivity index (χ2v) is 8.47. The maximum atomic E-state index is 13.2. The Labute approximate surface area is 204 Å². The first-order valence-corrected chi connectivity index (χ1v) is 11.1. The Kier molecular flexibility index (Phi) is 5.80. The molecule has 2 heterocycles. The molecular formula is C28H19F3N2O3. The zero-order valence-corrected chi connectivity index (χ0v) is 18.7. The van der Waals surface area contributed by atoms with Crippen LogP contribution in [0.2, 0.25) is 0 Å². The van der Waals surface area contributed by atoms with Gasteiger partial charge in [-0.15, -0.1) is 0 Å². The number of ketones is 1. The van der Waals surface area contributed by atoms with Gasteiger partial charge < -0.3 is 10.0 Å². The number of amides is 1. The number of hydrogen-bond acceptors (Lipinski definition) is 4. The average Bonchev–Trinajstić information content (AvgIpc) is 3.13. The fourth-order valence-electron chi connectivity index (χ4n) is 4.46. The van der Waals surface area contributed by atoms with Crippen molar-refractivity contribution in [3.8, 4) is 0 Å². The second kappa shape index (κ2) is 8.96. The van der Waals surface area contributed by atoms with E-state index >= 15 is 0 Å². The number of Topliss-reactive ketones (excluding diaryl/α,β-unsaturated/α-hetero) is 1. The number of carbonyl (C=O) groups excluding carboxylic acids is 2. The van der Waals surface area contributed by atoms with Crippen LogP contribution in [0.5, 0.6) is 0 Å². The monoisotopic (exact) mass is 488 g/mol. The molecule has 180 valence electrons. The van der Waals surface area contributed by atoms with E-state index in [9.17, 15) is 27.9 Å². The van der Waals surface area contributed by atoms with E-state index in [1.807, 2.05) is 24.3 Å². The normalized spacial score (nSPS) is 17.6. The molecule has 8 heteroatoms. The van der Waals surface area contributed by atoms with E-state index in [2.05, 4.69) is 4.98 Å². The molecule has 1 saturated heterocycles. The number of aliphatic hydroxyl groups is 1. The highest BCUT2D eigenvalue weighted by molar-refractivity contribution is 6.46. The largest absolute Gasteiger partial charge is 0.507 e. The van der Waals surface area contributed by atoms with Crippen LogP contribution in [0.25, 0.3) is 16.5 Å². The van der Waals surface area contributed by atoms with E-state index in [0.717, 1.165) is 22.9 Å². The fourth-order valence-corrected chi connectivity index (χ4v) is 4.46. The lowest BCUT2D eigenvalue weighted by molar-refractivity contribution is -0.140. The van der Waals surface area contributed by atoms with Crippen molar-refractivity contribution in [3.05, 3.63) is 119 Å². The molecule has 36 heavy (non-hydrogen) atoms. The maximum absolute atomic E-state index is 13.2. The summed E-state index contributed by atoms with van der Waals surface area (Å²) < 4.78 is 39.7. The third-order valence-electron chi connectivity index (χ3n) is 6.17. The smallest absolute Gasteiger partial charge is 0.416 e. The van der Waals surface area contributed by atoms with Crippen LogP contribution in [0, 0.1) is 0 Å². The summed E-state index contributed by atoms with van der Waals surface area (Å²) in [5, 5.41) is 13.0. The van der Waals surface area contributed by atoms with E-state index in [-0.39, 0.29) is 23.4 Å². The third-order valence-corrected chi connectivity index (χ3v) is 6.17. The van der Waals surface area contributed by atoms with Gasteiger partial charge >= 0.3 is 6.18 Å². The molecule has 1 amide bonds. The topological polar surface area (TPSA) is 70.5 Å². The SMILES string of the molecule is O=C1C(=O)N(Cc2cccc(C(F)(F)F)c2)C(c2cccnc2)/C1=C(/O)c1ccc2ccccc2c1. The Balaban J connectivity index is 1.62. The highest BCUT2D eigenvalue weighted by atomic mass is 19.4. The molecule has 0 spiro atoms. The number of nitrogens with zero attached hydrogens (tertiary/aromatic N) is 2. The fraction of sp³-hybridized carbons (Fsp3) is 0.107. The van der Waals surface area contributed by atoms with Gasteiger partial charge in [0.1, 0.15) is 5.76 Å². The molecule has 5 nitrogen and oxygen atoms in total. The van der Waals surface area contributed by atoms with Crippen LogP contribution in [0.1, 0.15) is 28.3 Å². The Bertz CT molecular complexity index is 1510. The third kappa shape index (κ3) is 4.22. The first-order valence-electron chi connectivity index (χ1n) is 11.1. The minimum Gasteiger partial charge on any atom is -0.507 e. The molecule has 0 aliphatic carbocycles. The molecule has 1 atom stereocenters. The number of rotatable bonds is 4. The van der Waals surface area contributed by atoms with E-state index in [0.29, 0.717) is 11.1 Å². The molecule has 4 aromatic rings. The standard InChI is InChI=1S/C28H19F3N2O3/c29-28(30,31)22-9-3-5-17(13-22)16-33-24(21-8-4-12-32-15-21)23(26(35)27(33)36)25(34)20-11-10-18-6-1-2-7-19(18)14-20/h1-15,24,34H,16H2/b25-23-. The molecule has 1 N–H and O–H groups in total. The minimum absolute atomic E-state index is 0.143. The van der Waals surface area contributed by atoms with E-state index in [1.165, 1.54) is 29.4 Å². The van der Waals surface area contributed by atoms with Crippen LogP contribution in [0.4, 0.5) is 13.2 Å². The van der Waals surface area contributed by atoms with Gasteiger partial charge in [-0.1, -0.05) is 54.6 Å². The number of pyridine rings is 1. The van der Waals surface area contributed by atoms with Crippen LogP contribution in [0.15, 0.2) is 96.8 Å². The maximum Gasteiger partial charge on any atom is 0.416 e. The van der Waals surface area contributed by atoms with Crippen molar-refractivity contribution in [1.29, 1.82) is 0 Å². The molecular weight excluding hydrogens is 469 g/mol. The Morgan fingerprint density at radius 1 is 0.917 bits per heavy atom. The number of aliphatic hydroxyl groups excluding tert-OH is 1. The van der Waals surface area contributed by atoms with Gasteiger partial charge in [0.2, 0.25) is 0 Å². The Morgan fingerprint density at radius 3 is 2.42 bits per heavy atom. The number of aromatic nitrogens is 1. The van der Waals surface area contributed by atoms with Crippen molar-refractivity contribution in [1.82, 2.24) is 9.88 Å². The predicted molar refractivity (Wildman–Crippen MR) is 127 cm³/mol. The van der Waals surface area contributed by atoms with Crippen molar-refractivity contribution in [3.63, 3.8) is 0 Å². The van der Waals surface area contributed by atoms with Gasteiger partial charge in [-0.05, 0) is 46.2 Å². The molecule has 1 aliphatic rings. The van der Waals surface area contributed by atoms with Crippen molar-refractivity contribution in [2.75, 3.05) is 0 Å². The molecule has 0 saturated carbocycles.